The average molecular weight is 193 g/mol. The molecule has 0 radical (unpaired) electrons. The van der Waals surface area contributed by atoms with Crippen molar-refractivity contribution in [1.82, 2.24) is 15.1 Å². The standard InChI is InChI=1S/C11H19N3/c1-8-4-11(7-12-6-8)14-10(3)5-9(2)13-14/h5,8,11-12H,4,6-7H2,1-3H3. The predicted octanol–water partition coefficient (Wildman–Crippen LogP) is 1.67. The summed E-state index contributed by atoms with van der Waals surface area (Å²) in [4.78, 5) is 0. The Labute approximate surface area is 85.5 Å². The average Bonchev–Trinajstić information content (AvgIpc) is 2.45. The van der Waals surface area contributed by atoms with Crippen LogP contribution in [0.1, 0.15) is 30.8 Å². The molecule has 0 amide bonds. The van der Waals surface area contributed by atoms with Gasteiger partial charge in [-0.05, 0) is 38.8 Å². The second kappa shape index (κ2) is 3.73. The summed E-state index contributed by atoms with van der Waals surface area (Å²) in [6.07, 6.45) is 1.25. The topological polar surface area (TPSA) is 29.9 Å². The molecule has 0 saturated carbocycles. The maximum atomic E-state index is 4.54. The molecular weight excluding hydrogens is 174 g/mol. The number of nitrogens with zero attached hydrogens (tertiary/aromatic N) is 2. The van der Waals surface area contributed by atoms with Gasteiger partial charge in [0.1, 0.15) is 0 Å². The summed E-state index contributed by atoms with van der Waals surface area (Å²) in [5.74, 6) is 0.762. The Kier molecular flexibility index (Phi) is 2.59. The number of aromatic nitrogens is 2. The van der Waals surface area contributed by atoms with E-state index in [9.17, 15) is 0 Å². The van der Waals surface area contributed by atoms with E-state index in [0.29, 0.717) is 6.04 Å². The normalized spacial score (nSPS) is 27.9. The molecule has 2 rings (SSSR count). The van der Waals surface area contributed by atoms with Gasteiger partial charge >= 0.3 is 0 Å². The third-order valence-corrected chi connectivity index (χ3v) is 2.94. The van der Waals surface area contributed by atoms with Crippen LogP contribution in [-0.2, 0) is 0 Å². The maximum absolute atomic E-state index is 4.54. The highest BCUT2D eigenvalue weighted by Gasteiger charge is 2.21. The lowest BCUT2D eigenvalue weighted by molar-refractivity contribution is 0.281. The molecule has 2 atom stereocenters. The van der Waals surface area contributed by atoms with E-state index >= 15 is 0 Å². The lowest BCUT2D eigenvalue weighted by Gasteiger charge is -2.28. The molecule has 1 aliphatic rings. The molecule has 3 nitrogen and oxygen atoms in total. The van der Waals surface area contributed by atoms with E-state index in [0.717, 1.165) is 24.7 Å². The molecule has 0 spiro atoms. The molecular formula is C11H19N3. The summed E-state index contributed by atoms with van der Waals surface area (Å²) in [6.45, 7) is 8.70. The summed E-state index contributed by atoms with van der Waals surface area (Å²) in [7, 11) is 0. The smallest absolute Gasteiger partial charge is 0.0649 e. The van der Waals surface area contributed by atoms with Crippen LogP contribution < -0.4 is 5.32 Å². The van der Waals surface area contributed by atoms with Gasteiger partial charge in [0.2, 0.25) is 0 Å². The van der Waals surface area contributed by atoms with Gasteiger partial charge < -0.3 is 5.32 Å². The Hall–Kier alpha value is -0.830. The second-order valence-electron chi connectivity index (χ2n) is 4.52. The number of nitrogens with one attached hydrogen (secondary N) is 1. The zero-order valence-corrected chi connectivity index (χ0v) is 9.25. The van der Waals surface area contributed by atoms with Crippen LogP contribution in [0.3, 0.4) is 0 Å². The second-order valence-corrected chi connectivity index (χ2v) is 4.52. The highest BCUT2D eigenvalue weighted by atomic mass is 15.3. The Morgan fingerprint density at radius 1 is 1.43 bits per heavy atom. The number of rotatable bonds is 1. The number of aryl methyl sites for hydroxylation is 2. The molecule has 1 saturated heterocycles. The minimum absolute atomic E-state index is 0.549. The zero-order valence-electron chi connectivity index (χ0n) is 9.25. The molecule has 1 aromatic rings. The van der Waals surface area contributed by atoms with Crippen molar-refractivity contribution in [2.24, 2.45) is 5.92 Å². The van der Waals surface area contributed by atoms with E-state index < -0.39 is 0 Å². The third-order valence-electron chi connectivity index (χ3n) is 2.94. The first kappa shape index (κ1) is 9.71. The van der Waals surface area contributed by atoms with Crippen molar-refractivity contribution in [1.29, 1.82) is 0 Å². The third kappa shape index (κ3) is 1.82. The van der Waals surface area contributed by atoms with Crippen LogP contribution in [0.15, 0.2) is 6.07 Å². The molecule has 78 valence electrons. The van der Waals surface area contributed by atoms with Gasteiger partial charge in [0.05, 0.1) is 11.7 Å². The molecule has 1 fully saturated rings. The van der Waals surface area contributed by atoms with E-state index in [1.807, 2.05) is 0 Å². The molecule has 1 N–H and O–H groups in total. The van der Waals surface area contributed by atoms with Crippen LogP contribution in [0.5, 0.6) is 0 Å². The minimum atomic E-state index is 0.549. The fraction of sp³-hybridized carbons (Fsp3) is 0.727. The Morgan fingerprint density at radius 2 is 2.21 bits per heavy atom. The fourth-order valence-electron chi connectivity index (χ4n) is 2.33. The van der Waals surface area contributed by atoms with E-state index in [4.69, 9.17) is 0 Å². The summed E-state index contributed by atoms with van der Waals surface area (Å²) >= 11 is 0. The number of hydrogen-bond acceptors (Lipinski definition) is 2. The van der Waals surface area contributed by atoms with Crippen molar-refractivity contribution in [2.45, 2.75) is 33.2 Å². The van der Waals surface area contributed by atoms with Crippen molar-refractivity contribution in [2.75, 3.05) is 13.1 Å². The molecule has 0 aliphatic carbocycles. The van der Waals surface area contributed by atoms with Crippen molar-refractivity contribution >= 4 is 0 Å². The molecule has 2 heterocycles. The molecule has 3 heteroatoms. The summed E-state index contributed by atoms with van der Waals surface area (Å²) in [5, 5.41) is 8.00. The van der Waals surface area contributed by atoms with Gasteiger partial charge in [0.15, 0.2) is 0 Å². The van der Waals surface area contributed by atoms with Crippen LogP contribution >= 0.6 is 0 Å². The lowest BCUT2D eigenvalue weighted by Crippen LogP contribution is -2.37. The van der Waals surface area contributed by atoms with Crippen LogP contribution in [-0.4, -0.2) is 22.9 Å². The van der Waals surface area contributed by atoms with Crippen molar-refractivity contribution in [3.8, 4) is 0 Å². The first-order chi connectivity index (χ1) is 6.66. The first-order valence-electron chi connectivity index (χ1n) is 5.40. The monoisotopic (exact) mass is 193 g/mol. The van der Waals surface area contributed by atoms with Crippen molar-refractivity contribution in [3.05, 3.63) is 17.5 Å². The van der Waals surface area contributed by atoms with Gasteiger partial charge in [-0.1, -0.05) is 6.92 Å². The van der Waals surface area contributed by atoms with Crippen LogP contribution in [0.25, 0.3) is 0 Å². The maximum Gasteiger partial charge on any atom is 0.0649 e. The van der Waals surface area contributed by atoms with E-state index in [-0.39, 0.29) is 0 Å². The molecule has 0 bridgehead atoms. The van der Waals surface area contributed by atoms with Crippen LogP contribution in [0.4, 0.5) is 0 Å². The lowest BCUT2D eigenvalue weighted by atomic mass is 9.98. The molecule has 0 aromatic carbocycles. The van der Waals surface area contributed by atoms with Gasteiger partial charge in [0, 0.05) is 12.2 Å². The molecule has 14 heavy (non-hydrogen) atoms. The number of hydrogen-bond donors (Lipinski definition) is 1. The Morgan fingerprint density at radius 3 is 2.79 bits per heavy atom. The van der Waals surface area contributed by atoms with Gasteiger partial charge in [-0.3, -0.25) is 4.68 Å². The van der Waals surface area contributed by atoms with Gasteiger partial charge in [-0.2, -0.15) is 5.10 Å². The van der Waals surface area contributed by atoms with Gasteiger partial charge in [-0.15, -0.1) is 0 Å². The van der Waals surface area contributed by atoms with Gasteiger partial charge in [-0.25, -0.2) is 0 Å². The van der Waals surface area contributed by atoms with Crippen LogP contribution in [0.2, 0.25) is 0 Å². The van der Waals surface area contributed by atoms with Crippen molar-refractivity contribution < 1.29 is 0 Å². The van der Waals surface area contributed by atoms with E-state index in [1.54, 1.807) is 0 Å². The summed E-state index contributed by atoms with van der Waals surface area (Å²) < 4.78 is 2.18. The fourth-order valence-corrected chi connectivity index (χ4v) is 2.33. The quantitative estimate of drug-likeness (QED) is 0.735. The predicted molar refractivity (Wildman–Crippen MR) is 57.4 cm³/mol. The van der Waals surface area contributed by atoms with Crippen LogP contribution in [0, 0.1) is 19.8 Å². The molecule has 2 unspecified atom stereocenters. The SMILES string of the molecule is Cc1cc(C)n(C2CNCC(C)C2)n1. The zero-order chi connectivity index (χ0) is 10.1. The Balaban J connectivity index is 2.17. The summed E-state index contributed by atoms with van der Waals surface area (Å²) in [6, 6.07) is 2.70. The van der Waals surface area contributed by atoms with Crippen molar-refractivity contribution in [3.63, 3.8) is 0 Å². The highest BCUT2D eigenvalue weighted by molar-refractivity contribution is 5.08. The van der Waals surface area contributed by atoms with Gasteiger partial charge in [0.25, 0.3) is 0 Å². The Bertz CT molecular complexity index is 316. The summed E-state index contributed by atoms with van der Waals surface area (Å²) in [5.41, 5.74) is 2.41. The first-order valence-corrected chi connectivity index (χ1v) is 5.40. The minimum Gasteiger partial charge on any atom is -0.314 e. The largest absolute Gasteiger partial charge is 0.314 e. The van der Waals surface area contributed by atoms with E-state index in [2.05, 4.69) is 41.9 Å². The molecule has 1 aliphatic heterocycles. The highest BCUT2D eigenvalue weighted by Crippen LogP contribution is 2.21. The number of piperidine rings is 1. The van der Waals surface area contributed by atoms with E-state index in [1.165, 1.54) is 12.1 Å². The molecule has 1 aromatic heterocycles.